The number of fused-ring (bicyclic) bond motifs is 2. The van der Waals surface area contributed by atoms with Crippen LogP contribution in [-0.4, -0.2) is 64.2 Å². The van der Waals surface area contributed by atoms with Crippen LogP contribution in [0.25, 0.3) is 0 Å². The van der Waals surface area contributed by atoms with Gasteiger partial charge in [0.25, 0.3) is 5.91 Å². The minimum atomic E-state index is -4.97. The number of hydrogen-bond acceptors (Lipinski definition) is 4. The van der Waals surface area contributed by atoms with E-state index in [1.807, 2.05) is 0 Å². The Bertz CT molecular complexity index is 1320. The third kappa shape index (κ3) is 3.79. The van der Waals surface area contributed by atoms with Gasteiger partial charge in [-0.15, -0.1) is 5.12 Å². The van der Waals surface area contributed by atoms with Crippen molar-refractivity contribution in [1.29, 1.82) is 0 Å². The van der Waals surface area contributed by atoms with Crippen molar-refractivity contribution in [3.8, 4) is 0 Å². The van der Waals surface area contributed by atoms with Gasteiger partial charge in [0.15, 0.2) is 11.1 Å². The molecule has 0 saturated carbocycles. The smallest absolute Gasteiger partial charge is 0.376 e. The minimum Gasteiger partial charge on any atom is -0.376 e. The normalized spacial score (nSPS) is 24.1. The van der Waals surface area contributed by atoms with Crippen LogP contribution in [0.2, 0.25) is 0 Å². The molecule has 2 saturated heterocycles. The molecule has 2 fully saturated rings. The number of alkyl halides is 4. The largest absolute Gasteiger partial charge is 0.416 e. The first-order chi connectivity index (χ1) is 17.8. The molecule has 2 aliphatic heterocycles. The molecule has 0 N–H and O–H groups in total. The maximum Gasteiger partial charge on any atom is 0.416 e. The highest BCUT2D eigenvalue weighted by molar-refractivity contribution is 9.10. The van der Waals surface area contributed by atoms with Gasteiger partial charge in [-0.2, -0.15) is 13.2 Å². The predicted octanol–water partition coefficient (Wildman–Crippen LogP) is 4.71. The van der Waals surface area contributed by atoms with E-state index in [1.165, 1.54) is 30.3 Å². The second kappa shape index (κ2) is 8.97. The Morgan fingerprint density at radius 1 is 1.13 bits per heavy atom. The zero-order valence-electron chi connectivity index (χ0n) is 19.3. The lowest BCUT2D eigenvalue weighted by Crippen LogP contribution is -2.72. The van der Waals surface area contributed by atoms with E-state index in [0.29, 0.717) is 9.37 Å². The van der Waals surface area contributed by atoms with Crippen LogP contribution in [0.15, 0.2) is 46.9 Å². The number of nitrogens with zero attached hydrogens (tertiary/aromatic N) is 3. The molecule has 0 radical (unpaired) electrons. The molecule has 1 spiro atoms. The fourth-order valence-electron chi connectivity index (χ4n) is 5.08. The SMILES string of the molecule is O=C(CN1C(=O)N(F)[C@]2(CC(F)c3cc(Br)ccc32)C1=O)N(Cc1ccc(F)cc1)C1(C(F)(F)F)COC1. The quantitative estimate of drug-likeness (QED) is 0.281. The molecule has 3 aliphatic rings. The molecule has 1 aliphatic carbocycles. The topological polar surface area (TPSA) is 70.2 Å². The van der Waals surface area contributed by atoms with E-state index < -0.39 is 84.9 Å². The summed E-state index contributed by atoms with van der Waals surface area (Å²) in [6.07, 6.45) is -7.54. The van der Waals surface area contributed by atoms with Gasteiger partial charge in [-0.05, 0) is 41.0 Å². The van der Waals surface area contributed by atoms with Crippen LogP contribution >= 0.6 is 15.9 Å². The molecule has 202 valence electrons. The summed E-state index contributed by atoms with van der Waals surface area (Å²) in [5, 5.41) is -0.467. The highest BCUT2D eigenvalue weighted by Gasteiger charge is 2.67. The Morgan fingerprint density at radius 3 is 2.37 bits per heavy atom. The van der Waals surface area contributed by atoms with Crippen LogP contribution in [0, 0.1) is 5.82 Å². The van der Waals surface area contributed by atoms with Crippen molar-refractivity contribution in [2.45, 2.75) is 36.4 Å². The van der Waals surface area contributed by atoms with Crippen molar-refractivity contribution in [3.05, 3.63) is 69.4 Å². The Labute approximate surface area is 220 Å². The van der Waals surface area contributed by atoms with Crippen LogP contribution in [0.5, 0.6) is 0 Å². The molecule has 5 rings (SSSR count). The summed E-state index contributed by atoms with van der Waals surface area (Å²) >= 11 is 3.16. The number of imide groups is 1. The number of benzene rings is 2. The van der Waals surface area contributed by atoms with Crippen LogP contribution in [-0.2, 0) is 26.4 Å². The Kier molecular flexibility index (Phi) is 6.25. The summed E-state index contributed by atoms with van der Waals surface area (Å²) in [5.41, 5.74) is -5.19. The summed E-state index contributed by atoms with van der Waals surface area (Å²) < 4.78 is 91.2. The minimum absolute atomic E-state index is 0.0306. The van der Waals surface area contributed by atoms with E-state index in [1.54, 1.807) is 0 Å². The highest BCUT2D eigenvalue weighted by Crippen LogP contribution is 2.53. The van der Waals surface area contributed by atoms with Gasteiger partial charge in [0.05, 0.1) is 13.2 Å². The standard InChI is InChI=1S/C24H18BrF6N3O4/c25-14-3-6-17-16(7-14)18(27)8-23(17)20(36)32(21(37)34(23)31)10-19(35)33(9-13-1-4-15(26)5-2-13)22(11-38-12-22)24(28,29)30/h1-7,18H,8-12H2/t18?,23-/m0/s1. The summed E-state index contributed by atoms with van der Waals surface area (Å²) in [6.45, 7) is -3.71. The predicted molar refractivity (Wildman–Crippen MR) is 121 cm³/mol. The zero-order chi connectivity index (χ0) is 27.6. The summed E-state index contributed by atoms with van der Waals surface area (Å²) in [4.78, 5) is 40.2. The molecule has 2 aromatic carbocycles. The van der Waals surface area contributed by atoms with Gasteiger partial charge < -0.3 is 9.64 Å². The van der Waals surface area contributed by atoms with Crippen molar-refractivity contribution < 1.29 is 45.6 Å². The molecule has 38 heavy (non-hydrogen) atoms. The lowest BCUT2D eigenvalue weighted by atomic mass is 9.91. The molecule has 1 unspecified atom stereocenters. The molecule has 2 atom stereocenters. The summed E-state index contributed by atoms with van der Waals surface area (Å²) in [6, 6.07) is 6.78. The van der Waals surface area contributed by atoms with Crippen molar-refractivity contribution in [3.63, 3.8) is 0 Å². The van der Waals surface area contributed by atoms with Gasteiger partial charge >= 0.3 is 12.2 Å². The summed E-state index contributed by atoms with van der Waals surface area (Å²) in [7, 11) is 0. The van der Waals surface area contributed by atoms with Crippen LogP contribution in [0.3, 0.4) is 0 Å². The molecule has 7 nitrogen and oxygen atoms in total. The number of carbonyl (C=O) groups is 3. The average molecular weight is 606 g/mol. The molecule has 4 amide bonds. The Balaban J connectivity index is 1.48. The van der Waals surface area contributed by atoms with Gasteiger partial charge in [0.2, 0.25) is 5.91 Å². The Morgan fingerprint density at radius 2 is 1.79 bits per heavy atom. The van der Waals surface area contributed by atoms with E-state index in [4.69, 9.17) is 4.74 Å². The molecule has 14 heteroatoms. The fourth-order valence-corrected chi connectivity index (χ4v) is 5.46. The molecule has 0 aromatic heterocycles. The first kappa shape index (κ1) is 26.5. The van der Waals surface area contributed by atoms with Gasteiger partial charge in [0, 0.05) is 17.4 Å². The van der Waals surface area contributed by atoms with E-state index in [2.05, 4.69) is 15.9 Å². The monoisotopic (exact) mass is 605 g/mol. The average Bonchev–Trinajstić information content (AvgIpc) is 3.20. The summed E-state index contributed by atoms with van der Waals surface area (Å²) in [5.74, 6) is -3.25. The van der Waals surface area contributed by atoms with Crippen LogP contribution < -0.4 is 0 Å². The van der Waals surface area contributed by atoms with Gasteiger partial charge in [-0.3, -0.25) is 14.5 Å². The lowest BCUT2D eigenvalue weighted by Gasteiger charge is -2.50. The molecular formula is C24H18BrF6N3O4. The van der Waals surface area contributed by atoms with Gasteiger partial charge in [-0.1, -0.05) is 38.6 Å². The number of carbonyl (C=O) groups excluding carboxylic acids is 3. The second-order valence-electron chi connectivity index (χ2n) is 9.35. The fraction of sp³-hybridized carbons (Fsp3) is 0.375. The third-order valence-electron chi connectivity index (χ3n) is 7.18. The maximum atomic E-state index is 15.3. The first-order valence-electron chi connectivity index (χ1n) is 11.3. The number of ether oxygens (including phenoxy) is 1. The number of rotatable bonds is 5. The second-order valence-corrected chi connectivity index (χ2v) is 10.3. The van der Waals surface area contributed by atoms with Crippen molar-refractivity contribution >= 4 is 33.8 Å². The highest BCUT2D eigenvalue weighted by atomic mass is 79.9. The van der Waals surface area contributed by atoms with Crippen molar-refractivity contribution in [2.75, 3.05) is 19.8 Å². The number of amides is 4. The van der Waals surface area contributed by atoms with Gasteiger partial charge in [0.1, 0.15) is 18.5 Å². The van der Waals surface area contributed by atoms with E-state index >= 15 is 4.48 Å². The van der Waals surface area contributed by atoms with Crippen molar-refractivity contribution in [2.24, 2.45) is 0 Å². The van der Waals surface area contributed by atoms with Crippen molar-refractivity contribution in [1.82, 2.24) is 14.9 Å². The first-order valence-corrected chi connectivity index (χ1v) is 12.1. The van der Waals surface area contributed by atoms with Crippen LogP contribution in [0.1, 0.15) is 29.3 Å². The number of halogens is 7. The number of hydrogen-bond donors (Lipinski definition) is 0. The Hall–Kier alpha value is -3.13. The van der Waals surface area contributed by atoms with E-state index in [9.17, 15) is 36.3 Å². The lowest BCUT2D eigenvalue weighted by molar-refractivity contribution is -0.302. The zero-order valence-corrected chi connectivity index (χ0v) is 20.9. The third-order valence-corrected chi connectivity index (χ3v) is 7.67. The van der Waals surface area contributed by atoms with Crippen LogP contribution in [0.4, 0.5) is 31.2 Å². The molecule has 0 bridgehead atoms. The maximum absolute atomic E-state index is 15.3. The van der Waals surface area contributed by atoms with E-state index in [0.717, 1.165) is 12.1 Å². The van der Waals surface area contributed by atoms with E-state index in [-0.39, 0.29) is 21.6 Å². The number of urea groups is 1. The molecule has 2 aromatic rings. The van der Waals surface area contributed by atoms with Gasteiger partial charge in [-0.25, -0.2) is 13.6 Å². The molecule has 2 heterocycles. The molecular weight excluding hydrogens is 588 g/mol.